The lowest BCUT2D eigenvalue weighted by molar-refractivity contribution is -0.167. The Hall–Kier alpha value is -4.71. The van der Waals surface area contributed by atoms with E-state index in [9.17, 15) is 14.4 Å². The Labute approximate surface area is 385 Å². The Morgan fingerprint density at radius 2 is 0.698 bits per heavy atom. The van der Waals surface area contributed by atoms with Gasteiger partial charge in [-0.15, -0.1) is 0 Å². The number of allylic oxidation sites excluding steroid dienone is 24. The van der Waals surface area contributed by atoms with Gasteiger partial charge in [-0.1, -0.05) is 212 Å². The molecule has 0 aliphatic rings. The highest BCUT2D eigenvalue weighted by Crippen LogP contribution is 2.11. The predicted molar refractivity (Wildman–Crippen MR) is 269 cm³/mol. The first-order valence-corrected chi connectivity index (χ1v) is 24.5. The molecule has 0 aromatic heterocycles. The SMILES string of the molecule is CC/C=C/C=C/C=C/C=C/C=C/CCCCCC(=O)OC(COC(=O)CCC/C=C/C/C=C/C/C=C/CCCCCCCC)COC(=O)CCCCC/C=C/C=C/C=C/C=C/CC. The van der Waals surface area contributed by atoms with Crippen molar-refractivity contribution < 1.29 is 28.6 Å². The van der Waals surface area contributed by atoms with Gasteiger partial charge in [0, 0.05) is 19.3 Å². The van der Waals surface area contributed by atoms with E-state index in [1.165, 1.54) is 44.9 Å². The van der Waals surface area contributed by atoms with Crippen molar-refractivity contribution in [1.82, 2.24) is 0 Å². The van der Waals surface area contributed by atoms with Crippen LogP contribution in [0.15, 0.2) is 146 Å². The molecule has 63 heavy (non-hydrogen) atoms. The highest BCUT2D eigenvalue weighted by Gasteiger charge is 2.19. The number of carbonyl (C=O) groups is 3. The Morgan fingerprint density at radius 1 is 0.349 bits per heavy atom. The van der Waals surface area contributed by atoms with Gasteiger partial charge in [0.1, 0.15) is 13.2 Å². The number of hydrogen-bond acceptors (Lipinski definition) is 6. The summed E-state index contributed by atoms with van der Waals surface area (Å²) in [5.74, 6) is -1.08. The normalized spacial score (nSPS) is 13.4. The molecule has 0 spiro atoms. The molecule has 0 saturated heterocycles. The van der Waals surface area contributed by atoms with Crippen molar-refractivity contribution in [3.05, 3.63) is 146 Å². The second kappa shape index (κ2) is 49.9. The molecule has 1 atom stereocenters. The van der Waals surface area contributed by atoms with E-state index in [2.05, 4.69) is 81.5 Å². The highest BCUT2D eigenvalue weighted by molar-refractivity contribution is 5.71. The van der Waals surface area contributed by atoms with Crippen molar-refractivity contribution in [3.63, 3.8) is 0 Å². The molecule has 0 radical (unpaired) electrons. The standard InChI is InChI=1S/C57H86O6/c1-4-7-10-13-16-19-22-25-27-28-30-32-35-38-41-44-47-50-56(59)62-53-54(52-61-55(58)49-46-43-40-37-34-31-24-21-18-15-12-9-6-3)63-57(60)51-48-45-42-39-36-33-29-26-23-20-17-14-11-8-5-2/h8-9,11-12,14-15,17-18,20-21,23-27,29-34,36,38,41,54H,4-7,10,13,16,19,22,28,35,37,39-40,42-53H2,1-3H3/b11-8+,12-9+,17-14+,18-15+,23-20+,24-21+,27-25+,29-26+,32-30+,34-31+,36-33+,41-38+. The maximum absolute atomic E-state index is 12.8. The monoisotopic (exact) mass is 867 g/mol. The van der Waals surface area contributed by atoms with Crippen LogP contribution in [0.2, 0.25) is 0 Å². The number of rotatable bonds is 41. The lowest BCUT2D eigenvalue weighted by Crippen LogP contribution is -2.30. The van der Waals surface area contributed by atoms with E-state index in [4.69, 9.17) is 14.2 Å². The van der Waals surface area contributed by atoms with E-state index < -0.39 is 6.10 Å². The molecule has 0 amide bonds. The van der Waals surface area contributed by atoms with Crippen LogP contribution in [0.25, 0.3) is 0 Å². The van der Waals surface area contributed by atoms with Gasteiger partial charge < -0.3 is 14.2 Å². The molecule has 1 unspecified atom stereocenters. The molecule has 0 saturated carbocycles. The maximum atomic E-state index is 12.8. The average molecular weight is 867 g/mol. The van der Waals surface area contributed by atoms with Gasteiger partial charge in [0.25, 0.3) is 0 Å². The number of carbonyl (C=O) groups excluding carboxylic acids is 3. The zero-order valence-corrected chi connectivity index (χ0v) is 39.8. The molecule has 0 aromatic rings. The summed E-state index contributed by atoms with van der Waals surface area (Å²) in [6.07, 6.45) is 71.2. The minimum Gasteiger partial charge on any atom is -0.462 e. The first-order valence-electron chi connectivity index (χ1n) is 24.5. The molecule has 0 bridgehead atoms. The Morgan fingerprint density at radius 3 is 1.17 bits per heavy atom. The summed E-state index contributed by atoms with van der Waals surface area (Å²) in [5, 5.41) is 0. The Balaban J connectivity index is 4.64. The Bertz CT molecular complexity index is 1460. The fourth-order valence-electron chi connectivity index (χ4n) is 5.90. The van der Waals surface area contributed by atoms with Crippen molar-refractivity contribution in [2.75, 3.05) is 13.2 Å². The molecule has 6 nitrogen and oxygen atoms in total. The van der Waals surface area contributed by atoms with Crippen LogP contribution in [-0.4, -0.2) is 37.2 Å². The molecule has 6 heteroatoms. The summed E-state index contributed by atoms with van der Waals surface area (Å²) in [6.45, 7) is 6.19. The van der Waals surface area contributed by atoms with E-state index in [1.54, 1.807) is 0 Å². The van der Waals surface area contributed by atoms with Crippen molar-refractivity contribution in [2.45, 2.75) is 181 Å². The van der Waals surface area contributed by atoms with Gasteiger partial charge in [-0.2, -0.15) is 0 Å². The largest absolute Gasteiger partial charge is 0.462 e. The van der Waals surface area contributed by atoms with Gasteiger partial charge in [0.05, 0.1) is 0 Å². The van der Waals surface area contributed by atoms with Crippen LogP contribution < -0.4 is 0 Å². The third-order valence-corrected chi connectivity index (χ3v) is 9.53. The first kappa shape index (κ1) is 58.3. The molecule has 0 aromatic carbocycles. The topological polar surface area (TPSA) is 78.9 Å². The molecular formula is C57H86O6. The summed E-state index contributed by atoms with van der Waals surface area (Å²) in [7, 11) is 0. The maximum Gasteiger partial charge on any atom is 0.306 e. The number of unbranched alkanes of at least 4 members (excludes halogenated alkanes) is 13. The van der Waals surface area contributed by atoms with Crippen molar-refractivity contribution in [3.8, 4) is 0 Å². The fourth-order valence-corrected chi connectivity index (χ4v) is 5.90. The van der Waals surface area contributed by atoms with Crippen LogP contribution in [-0.2, 0) is 28.6 Å². The lowest BCUT2D eigenvalue weighted by atomic mass is 10.1. The third kappa shape index (κ3) is 48.2. The summed E-state index contributed by atoms with van der Waals surface area (Å²) in [4.78, 5) is 37.9. The summed E-state index contributed by atoms with van der Waals surface area (Å²) in [5.41, 5.74) is 0. The first-order chi connectivity index (χ1) is 31.0. The number of ether oxygens (including phenoxy) is 3. The average Bonchev–Trinajstić information content (AvgIpc) is 3.28. The van der Waals surface area contributed by atoms with E-state index in [-0.39, 0.29) is 50.4 Å². The van der Waals surface area contributed by atoms with Crippen molar-refractivity contribution >= 4 is 17.9 Å². The molecule has 0 heterocycles. The number of esters is 3. The lowest BCUT2D eigenvalue weighted by Gasteiger charge is -2.18. The fraction of sp³-hybridized carbons (Fsp3) is 0.526. The third-order valence-electron chi connectivity index (χ3n) is 9.53. The van der Waals surface area contributed by atoms with Crippen molar-refractivity contribution in [1.29, 1.82) is 0 Å². The molecule has 0 rings (SSSR count). The minimum atomic E-state index is -0.842. The summed E-state index contributed by atoms with van der Waals surface area (Å²) < 4.78 is 16.6. The van der Waals surface area contributed by atoms with Crippen LogP contribution in [0.3, 0.4) is 0 Å². The summed E-state index contributed by atoms with van der Waals surface area (Å²) >= 11 is 0. The van der Waals surface area contributed by atoms with Crippen LogP contribution >= 0.6 is 0 Å². The summed E-state index contributed by atoms with van der Waals surface area (Å²) in [6, 6.07) is 0. The quantitative estimate of drug-likeness (QED) is 0.0200. The molecule has 0 aliphatic heterocycles. The number of hydrogen-bond donors (Lipinski definition) is 0. The van der Waals surface area contributed by atoms with Gasteiger partial charge >= 0.3 is 17.9 Å². The minimum absolute atomic E-state index is 0.138. The second-order valence-electron chi connectivity index (χ2n) is 15.5. The predicted octanol–water partition coefficient (Wildman–Crippen LogP) is 16.1. The van der Waals surface area contributed by atoms with Crippen molar-refractivity contribution in [2.24, 2.45) is 0 Å². The van der Waals surface area contributed by atoms with Crippen LogP contribution in [0, 0.1) is 0 Å². The van der Waals surface area contributed by atoms with Gasteiger partial charge in [0.2, 0.25) is 0 Å². The highest BCUT2D eigenvalue weighted by atomic mass is 16.6. The van der Waals surface area contributed by atoms with E-state index >= 15 is 0 Å². The van der Waals surface area contributed by atoms with Gasteiger partial charge in [-0.3, -0.25) is 14.4 Å². The zero-order valence-electron chi connectivity index (χ0n) is 39.8. The smallest absolute Gasteiger partial charge is 0.306 e. The molecular weight excluding hydrogens is 781 g/mol. The molecule has 0 N–H and O–H groups in total. The van der Waals surface area contributed by atoms with E-state index in [0.717, 1.165) is 70.6 Å². The van der Waals surface area contributed by atoms with Crippen LogP contribution in [0.1, 0.15) is 175 Å². The van der Waals surface area contributed by atoms with Gasteiger partial charge in [0.15, 0.2) is 6.10 Å². The zero-order chi connectivity index (χ0) is 45.8. The van der Waals surface area contributed by atoms with Gasteiger partial charge in [-0.25, -0.2) is 0 Å². The Kier molecular flexibility index (Phi) is 46.2. The second-order valence-corrected chi connectivity index (χ2v) is 15.5. The molecule has 350 valence electrons. The molecule has 0 aliphatic carbocycles. The van der Waals surface area contributed by atoms with E-state index in [0.29, 0.717) is 19.3 Å². The molecule has 0 fully saturated rings. The van der Waals surface area contributed by atoms with E-state index in [1.807, 2.05) is 85.1 Å². The van der Waals surface area contributed by atoms with Crippen LogP contribution in [0.4, 0.5) is 0 Å². The van der Waals surface area contributed by atoms with Gasteiger partial charge in [-0.05, 0) is 89.9 Å². The van der Waals surface area contributed by atoms with Crippen LogP contribution in [0.5, 0.6) is 0 Å².